The van der Waals surface area contributed by atoms with Gasteiger partial charge in [0.2, 0.25) is 0 Å². The van der Waals surface area contributed by atoms with Gasteiger partial charge in [0, 0.05) is 18.0 Å². The van der Waals surface area contributed by atoms with Crippen molar-refractivity contribution in [1.82, 2.24) is 0 Å². The average molecular weight is 284 g/mol. The summed E-state index contributed by atoms with van der Waals surface area (Å²) in [7, 11) is 0. The molecule has 1 heterocycles. The van der Waals surface area contributed by atoms with Gasteiger partial charge in [-0.2, -0.15) is 0 Å². The monoisotopic (exact) mass is 283 g/mol. The van der Waals surface area contributed by atoms with E-state index in [1.807, 2.05) is 0 Å². The zero-order valence-electron chi connectivity index (χ0n) is 10.4. The molecular weight excluding hydrogens is 269 g/mol. The normalized spacial score (nSPS) is 14.4. The quantitative estimate of drug-likeness (QED) is 0.906. The standard InChI is InChI=1S/C14H15ClFNO2/c1-8-5-9(7-19-8)14(18)11(6-17)10-3-2-4-12(15)13(10)16/h2-5,7,11,14,18H,6,17H2,1H3. The number of benzene rings is 1. The third kappa shape index (κ3) is 2.81. The second kappa shape index (κ2) is 5.74. The van der Waals surface area contributed by atoms with Crippen molar-refractivity contribution in [2.45, 2.75) is 18.9 Å². The molecule has 0 aliphatic rings. The van der Waals surface area contributed by atoms with E-state index in [-0.39, 0.29) is 11.6 Å². The van der Waals surface area contributed by atoms with Crippen LogP contribution in [-0.4, -0.2) is 11.7 Å². The van der Waals surface area contributed by atoms with Gasteiger partial charge in [-0.3, -0.25) is 0 Å². The molecule has 1 aromatic heterocycles. The first kappa shape index (κ1) is 14.1. The van der Waals surface area contributed by atoms with Crippen LogP contribution in [0.5, 0.6) is 0 Å². The maximum Gasteiger partial charge on any atom is 0.145 e. The smallest absolute Gasteiger partial charge is 0.145 e. The number of aryl methyl sites for hydroxylation is 1. The van der Waals surface area contributed by atoms with Gasteiger partial charge in [0.25, 0.3) is 0 Å². The number of nitrogens with two attached hydrogens (primary N) is 1. The topological polar surface area (TPSA) is 59.4 Å². The molecule has 5 heteroatoms. The number of furan rings is 1. The van der Waals surface area contributed by atoms with Gasteiger partial charge in [-0.1, -0.05) is 23.7 Å². The van der Waals surface area contributed by atoms with Crippen LogP contribution < -0.4 is 5.73 Å². The molecule has 3 nitrogen and oxygen atoms in total. The van der Waals surface area contributed by atoms with Gasteiger partial charge in [-0.25, -0.2) is 4.39 Å². The Morgan fingerprint density at radius 3 is 2.79 bits per heavy atom. The molecule has 0 aliphatic carbocycles. The zero-order chi connectivity index (χ0) is 14.0. The highest BCUT2D eigenvalue weighted by atomic mass is 35.5. The molecule has 0 fully saturated rings. The molecule has 0 amide bonds. The minimum absolute atomic E-state index is 0.0199. The van der Waals surface area contributed by atoms with Crippen molar-refractivity contribution in [2.24, 2.45) is 5.73 Å². The van der Waals surface area contributed by atoms with Crippen LogP contribution in [0.2, 0.25) is 5.02 Å². The molecule has 0 saturated carbocycles. The van der Waals surface area contributed by atoms with Gasteiger partial charge < -0.3 is 15.3 Å². The summed E-state index contributed by atoms with van der Waals surface area (Å²) in [6, 6.07) is 6.38. The van der Waals surface area contributed by atoms with Crippen LogP contribution in [0.3, 0.4) is 0 Å². The third-order valence-electron chi connectivity index (χ3n) is 3.11. The van der Waals surface area contributed by atoms with Gasteiger partial charge in [-0.15, -0.1) is 0 Å². The maximum atomic E-state index is 14.0. The Kier molecular flexibility index (Phi) is 4.24. The molecule has 0 bridgehead atoms. The molecule has 0 radical (unpaired) electrons. The predicted octanol–water partition coefficient (Wildman–Crippen LogP) is 3.16. The Morgan fingerprint density at radius 1 is 1.47 bits per heavy atom. The van der Waals surface area contributed by atoms with Crippen LogP contribution >= 0.6 is 11.6 Å². The fourth-order valence-corrected chi connectivity index (χ4v) is 2.27. The fraction of sp³-hybridized carbons (Fsp3) is 0.286. The van der Waals surface area contributed by atoms with E-state index < -0.39 is 17.8 Å². The van der Waals surface area contributed by atoms with Crippen molar-refractivity contribution in [3.05, 3.63) is 58.3 Å². The highest BCUT2D eigenvalue weighted by Crippen LogP contribution is 2.34. The lowest BCUT2D eigenvalue weighted by molar-refractivity contribution is 0.145. The summed E-state index contributed by atoms with van der Waals surface area (Å²) < 4.78 is 19.1. The highest BCUT2D eigenvalue weighted by Gasteiger charge is 2.26. The summed E-state index contributed by atoms with van der Waals surface area (Å²) in [5.74, 6) is -0.439. The Morgan fingerprint density at radius 2 is 2.21 bits per heavy atom. The zero-order valence-corrected chi connectivity index (χ0v) is 11.2. The van der Waals surface area contributed by atoms with Crippen LogP contribution in [-0.2, 0) is 0 Å². The summed E-state index contributed by atoms with van der Waals surface area (Å²) in [4.78, 5) is 0. The predicted molar refractivity (Wildman–Crippen MR) is 71.6 cm³/mol. The Bertz CT molecular complexity index is 570. The molecule has 0 saturated heterocycles. The van der Waals surface area contributed by atoms with E-state index in [4.69, 9.17) is 21.8 Å². The number of hydrogen-bond donors (Lipinski definition) is 2. The van der Waals surface area contributed by atoms with Crippen molar-refractivity contribution in [2.75, 3.05) is 6.54 Å². The van der Waals surface area contributed by atoms with Gasteiger partial charge in [0.05, 0.1) is 17.4 Å². The van der Waals surface area contributed by atoms with Gasteiger partial charge >= 0.3 is 0 Å². The number of hydrogen-bond acceptors (Lipinski definition) is 3. The fourth-order valence-electron chi connectivity index (χ4n) is 2.08. The molecule has 0 aliphatic heterocycles. The first-order chi connectivity index (χ1) is 9.04. The second-order valence-electron chi connectivity index (χ2n) is 4.42. The summed E-state index contributed by atoms with van der Waals surface area (Å²) >= 11 is 5.75. The molecule has 1 aromatic carbocycles. The lowest BCUT2D eigenvalue weighted by Crippen LogP contribution is -2.21. The van der Waals surface area contributed by atoms with Crippen LogP contribution in [0, 0.1) is 12.7 Å². The van der Waals surface area contributed by atoms with Crippen molar-refractivity contribution in [1.29, 1.82) is 0 Å². The molecule has 19 heavy (non-hydrogen) atoms. The number of aliphatic hydroxyl groups is 1. The summed E-state index contributed by atoms with van der Waals surface area (Å²) in [6.07, 6.45) is 0.515. The Labute approximate surface area is 115 Å². The molecule has 3 N–H and O–H groups in total. The van der Waals surface area contributed by atoms with E-state index in [0.29, 0.717) is 16.9 Å². The van der Waals surface area contributed by atoms with Crippen molar-refractivity contribution in [3.8, 4) is 0 Å². The molecule has 2 atom stereocenters. The minimum Gasteiger partial charge on any atom is -0.469 e. The largest absolute Gasteiger partial charge is 0.469 e. The second-order valence-corrected chi connectivity index (χ2v) is 4.83. The highest BCUT2D eigenvalue weighted by molar-refractivity contribution is 6.30. The Hall–Kier alpha value is -1.36. The molecule has 2 unspecified atom stereocenters. The SMILES string of the molecule is Cc1cc(C(O)C(CN)c2cccc(Cl)c2F)co1. The molecule has 0 spiro atoms. The molecule has 102 valence electrons. The summed E-state index contributed by atoms with van der Waals surface area (Å²) in [6.45, 7) is 1.87. The van der Waals surface area contributed by atoms with Crippen molar-refractivity contribution >= 4 is 11.6 Å². The third-order valence-corrected chi connectivity index (χ3v) is 3.40. The van der Waals surface area contributed by atoms with Gasteiger partial charge in [0.1, 0.15) is 11.6 Å². The lowest BCUT2D eigenvalue weighted by Gasteiger charge is -2.21. The van der Waals surface area contributed by atoms with E-state index in [2.05, 4.69) is 0 Å². The van der Waals surface area contributed by atoms with Crippen LogP contribution in [0.15, 0.2) is 34.9 Å². The van der Waals surface area contributed by atoms with E-state index in [9.17, 15) is 9.50 Å². The van der Waals surface area contributed by atoms with Crippen molar-refractivity contribution < 1.29 is 13.9 Å². The average Bonchev–Trinajstić information content (AvgIpc) is 2.82. The minimum atomic E-state index is -0.935. The molecular formula is C14H15ClFNO2. The van der Waals surface area contributed by atoms with Crippen LogP contribution in [0.25, 0.3) is 0 Å². The number of halogens is 2. The van der Waals surface area contributed by atoms with E-state index in [0.717, 1.165) is 0 Å². The first-order valence-electron chi connectivity index (χ1n) is 5.91. The molecule has 2 aromatic rings. The van der Waals surface area contributed by atoms with Crippen molar-refractivity contribution in [3.63, 3.8) is 0 Å². The summed E-state index contributed by atoms with van der Waals surface area (Å²) in [5.41, 5.74) is 6.55. The van der Waals surface area contributed by atoms with E-state index in [1.54, 1.807) is 25.1 Å². The number of aliphatic hydroxyl groups excluding tert-OH is 1. The Balaban J connectivity index is 2.36. The van der Waals surface area contributed by atoms with E-state index in [1.165, 1.54) is 12.3 Å². The maximum absolute atomic E-state index is 14.0. The van der Waals surface area contributed by atoms with Gasteiger partial charge in [-0.05, 0) is 24.6 Å². The lowest BCUT2D eigenvalue weighted by atomic mass is 9.90. The number of rotatable bonds is 4. The van der Waals surface area contributed by atoms with Crippen LogP contribution in [0.4, 0.5) is 4.39 Å². The molecule has 2 rings (SSSR count). The first-order valence-corrected chi connectivity index (χ1v) is 6.29. The summed E-state index contributed by atoms with van der Waals surface area (Å²) in [5, 5.41) is 10.3. The van der Waals surface area contributed by atoms with Crippen LogP contribution in [0.1, 0.15) is 28.9 Å². The van der Waals surface area contributed by atoms with E-state index >= 15 is 0 Å². The van der Waals surface area contributed by atoms with Gasteiger partial charge in [0.15, 0.2) is 0 Å².